The molecule has 0 spiro atoms. The van der Waals surface area contributed by atoms with Crippen molar-refractivity contribution in [1.29, 1.82) is 0 Å². The number of esters is 2. The van der Waals surface area contributed by atoms with Crippen molar-refractivity contribution in [2.45, 2.75) is 143 Å². The number of benzene rings is 2. The number of unbranched alkanes of at least 4 members (excludes halogenated alkanes) is 2. The smallest absolute Gasteiger partial charge is 0.342 e. The maximum Gasteiger partial charge on any atom is 0.342 e. The van der Waals surface area contributed by atoms with Gasteiger partial charge in [-0.1, -0.05) is 83.1 Å². The fourth-order valence-corrected chi connectivity index (χ4v) is 6.90. The van der Waals surface area contributed by atoms with Gasteiger partial charge in [0.05, 0.1) is 31.0 Å². The predicted octanol–water partition coefficient (Wildman–Crippen LogP) is 8.43. The number of rotatable bonds is 8. The van der Waals surface area contributed by atoms with Crippen LogP contribution < -0.4 is 9.47 Å². The highest BCUT2D eigenvalue weighted by Crippen LogP contribution is 2.35. The zero-order valence-electron chi connectivity index (χ0n) is 38.1. The number of aliphatic hydroxyl groups is 2. The molecule has 3 heterocycles. The van der Waals surface area contributed by atoms with Crippen LogP contribution in [0.25, 0.3) is 12.2 Å². The van der Waals surface area contributed by atoms with Crippen molar-refractivity contribution in [3.05, 3.63) is 88.5 Å². The number of aliphatic hydroxyl groups excluding tert-OH is 2. The number of aryl methyl sites for hydroxylation is 1. The van der Waals surface area contributed by atoms with Gasteiger partial charge in [0.1, 0.15) is 47.2 Å². The number of ketones is 2. The van der Waals surface area contributed by atoms with Gasteiger partial charge in [-0.3, -0.25) is 9.59 Å². The molecule has 0 aromatic heterocycles. The lowest BCUT2D eigenvalue weighted by molar-refractivity contribution is -0.152. The van der Waals surface area contributed by atoms with E-state index in [4.69, 9.17) is 28.4 Å². The SMILES string of the molecule is CCCCOc1ccc(C)c2c1/C=C/C[C@@H]1OC(C)(C)O[C@@H]1C(=O)/C=C\[C@@H](C)[C@H](C)OC2=O.CCCCOc1ccc(O)c2c1/C=C/C[C@H](O)[C@H](O)C(=O)/C=C\[C@@H](C)[C@H](C)OC2=O. The van der Waals surface area contributed by atoms with E-state index >= 15 is 0 Å². The Labute approximate surface area is 371 Å². The van der Waals surface area contributed by atoms with Gasteiger partial charge in [0.2, 0.25) is 0 Å². The Balaban J connectivity index is 0.000000278. The minimum absolute atomic E-state index is 0.0357. The average molecular weight is 875 g/mol. The van der Waals surface area contributed by atoms with Crippen LogP contribution in [0.2, 0.25) is 0 Å². The van der Waals surface area contributed by atoms with Gasteiger partial charge in [0.25, 0.3) is 0 Å². The third kappa shape index (κ3) is 14.0. The highest BCUT2D eigenvalue weighted by molar-refractivity contribution is 5.98. The summed E-state index contributed by atoms with van der Waals surface area (Å²) in [4.78, 5) is 51.0. The zero-order chi connectivity index (χ0) is 46.4. The van der Waals surface area contributed by atoms with Gasteiger partial charge in [-0.15, -0.1) is 0 Å². The van der Waals surface area contributed by atoms with Crippen molar-refractivity contribution >= 4 is 35.7 Å². The van der Waals surface area contributed by atoms with Crippen LogP contribution in [0.3, 0.4) is 0 Å². The van der Waals surface area contributed by atoms with Crippen molar-refractivity contribution in [1.82, 2.24) is 0 Å². The summed E-state index contributed by atoms with van der Waals surface area (Å²) in [7, 11) is 0. The van der Waals surface area contributed by atoms with E-state index in [2.05, 4.69) is 6.92 Å². The number of hydrogen-bond donors (Lipinski definition) is 3. The standard InChI is InChI=1S/C27H36O6.C23H30O7/c1-7-8-16-30-22-15-13-18(3)24-20(22)10-9-11-23-25(33-27(5,6)32-23)21(28)14-12-17(2)19(4)31-26(24)29;1-4-5-13-29-20-12-11-17(24)21-16(20)7-6-8-18(25)22(27)19(26)10-9-14(2)15(3)30-23(21)28/h9-10,12-15,17,19,23,25H,7-8,11,16H2,1-6H3;6-7,9-12,14-15,18,22,24-25,27H,4-5,8,13H2,1-3H3/b10-9+,14-12-;7-6+,10-9-/t17-,19+,23+,25-;14-,15+,18+,22+/m11/s1. The van der Waals surface area contributed by atoms with Crippen LogP contribution >= 0.6 is 0 Å². The quantitative estimate of drug-likeness (QED) is 0.170. The molecule has 5 rings (SSSR count). The van der Waals surface area contributed by atoms with Crippen molar-refractivity contribution in [3.63, 3.8) is 0 Å². The van der Waals surface area contributed by atoms with Gasteiger partial charge in [-0.25, -0.2) is 9.59 Å². The van der Waals surface area contributed by atoms with Crippen LogP contribution in [0, 0.1) is 18.8 Å². The summed E-state index contributed by atoms with van der Waals surface area (Å²) in [6.45, 7) is 17.8. The van der Waals surface area contributed by atoms with Crippen LogP contribution in [0.4, 0.5) is 0 Å². The van der Waals surface area contributed by atoms with Gasteiger partial charge >= 0.3 is 11.9 Å². The molecule has 2 aromatic rings. The molecule has 344 valence electrons. The summed E-state index contributed by atoms with van der Waals surface area (Å²) >= 11 is 0. The number of aromatic hydroxyl groups is 1. The minimum Gasteiger partial charge on any atom is -0.507 e. The van der Waals surface area contributed by atoms with Crippen LogP contribution in [-0.2, 0) is 28.5 Å². The molecule has 3 aliphatic heterocycles. The topological polar surface area (TPSA) is 184 Å². The molecule has 2 aromatic carbocycles. The Morgan fingerprint density at radius 1 is 0.683 bits per heavy atom. The van der Waals surface area contributed by atoms with Crippen molar-refractivity contribution < 1.29 is 62.9 Å². The number of hydrogen-bond acceptors (Lipinski definition) is 13. The number of cyclic esters (lactones) is 2. The lowest BCUT2D eigenvalue weighted by Crippen LogP contribution is -2.32. The summed E-state index contributed by atoms with van der Waals surface area (Å²) in [5, 5.41) is 30.6. The molecule has 0 unspecified atom stereocenters. The molecule has 1 saturated heterocycles. The Morgan fingerprint density at radius 3 is 1.76 bits per heavy atom. The molecule has 63 heavy (non-hydrogen) atoms. The average Bonchev–Trinajstić information content (AvgIpc) is 3.55. The molecule has 0 saturated carbocycles. The van der Waals surface area contributed by atoms with E-state index < -0.39 is 60.1 Å². The van der Waals surface area contributed by atoms with E-state index in [0.29, 0.717) is 47.8 Å². The largest absolute Gasteiger partial charge is 0.507 e. The van der Waals surface area contributed by atoms with E-state index in [-0.39, 0.29) is 35.4 Å². The first kappa shape index (κ1) is 50.6. The molecular formula is C50H66O13. The molecule has 1 fully saturated rings. The molecular weight excluding hydrogens is 809 g/mol. The van der Waals surface area contributed by atoms with E-state index in [1.807, 2.05) is 65.8 Å². The number of fused-ring (bicyclic) bond motifs is 3. The first-order valence-electron chi connectivity index (χ1n) is 22.0. The van der Waals surface area contributed by atoms with Crippen molar-refractivity contribution in [2.24, 2.45) is 11.8 Å². The van der Waals surface area contributed by atoms with E-state index in [0.717, 1.165) is 31.2 Å². The fourth-order valence-electron chi connectivity index (χ4n) is 6.90. The Kier molecular flexibility index (Phi) is 18.9. The summed E-state index contributed by atoms with van der Waals surface area (Å²) in [5.41, 5.74) is 2.28. The number of carbonyl (C=O) groups excluding carboxylic acids is 4. The lowest BCUT2D eigenvalue weighted by atomic mass is 9.97. The van der Waals surface area contributed by atoms with Crippen molar-refractivity contribution in [3.8, 4) is 17.2 Å². The molecule has 8 atom stereocenters. The fraction of sp³-hybridized carbons (Fsp3) is 0.520. The number of phenolic OH excluding ortho intramolecular Hbond substituents is 1. The molecule has 13 nitrogen and oxygen atoms in total. The Morgan fingerprint density at radius 2 is 1.19 bits per heavy atom. The second kappa shape index (κ2) is 23.6. The van der Waals surface area contributed by atoms with E-state index in [1.54, 1.807) is 26.0 Å². The van der Waals surface area contributed by atoms with Gasteiger partial charge in [0, 0.05) is 23.0 Å². The number of phenols is 1. The second-order valence-corrected chi connectivity index (χ2v) is 16.8. The van der Waals surface area contributed by atoms with Crippen LogP contribution in [0.1, 0.15) is 131 Å². The predicted molar refractivity (Wildman–Crippen MR) is 240 cm³/mol. The summed E-state index contributed by atoms with van der Waals surface area (Å²) < 4.78 is 35.1. The maximum atomic E-state index is 13.2. The second-order valence-electron chi connectivity index (χ2n) is 16.8. The number of ether oxygens (including phenoxy) is 6. The first-order chi connectivity index (χ1) is 29.9. The summed E-state index contributed by atoms with van der Waals surface area (Å²) in [6, 6.07) is 6.72. The molecule has 3 N–H and O–H groups in total. The third-order valence-electron chi connectivity index (χ3n) is 11.1. The van der Waals surface area contributed by atoms with Gasteiger partial charge in [0.15, 0.2) is 17.4 Å². The normalized spacial score (nSPS) is 28.5. The number of carbonyl (C=O) groups is 4. The van der Waals surface area contributed by atoms with Crippen molar-refractivity contribution in [2.75, 3.05) is 13.2 Å². The first-order valence-corrected chi connectivity index (χ1v) is 22.0. The van der Waals surface area contributed by atoms with Gasteiger partial charge in [-0.2, -0.15) is 0 Å². The zero-order valence-corrected chi connectivity index (χ0v) is 38.1. The summed E-state index contributed by atoms with van der Waals surface area (Å²) in [5.74, 6) is -2.45. The highest BCUT2D eigenvalue weighted by Gasteiger charge is 2.43. The van der Waals surface area contributed by atoms with Crippen LogP contribution in [-0.4, -0.2) is 94.4 Å². The van der Waals surface area contributed by atoms with Crippen LogP contribution in [0.15, 0.2) is 60.7 Å². The lowest BCUT2D eigenvalue weighted by Gasteiger charge is -2.21. The Bertz CT molecular complexity index is 2030. The Hall–Kier alpha value is -5.08. The monoisotopic (exact) mass is 874 g/mol. The minimum atomic E-state index is -1.57. The third-order valence-corrected chi connectivity index (χ3v) is 11.1. The molecule has 13 heteroatoms. The highest BCUT2D eigenvalue weighted by atomic mass is 16.8. The van der Waals surface area contributed by atoms with E-state index in [1.165, 1.54) is 36.4 Å². The molecule has 0 amide bonds. The van der Waals surface area contributed by atoms with Gasteiger partial charge < -0.3 is 43.7 Å². The van der Waals surface area contributed by atoms with Crippen LogP contribution in [0.5, 0.6) is 17.2 Å². The molecule has 0 bridgehead atoms. The summed E-state index contributed by atoms with van der Waals surface area (Å²) in [6.07, 6.45) is 11.9. The maximum absolute atomic E-state index is 13.2. The molecule has 3 aliphatic rings. The van der Waals surface area contributed by atoms with E-state index in [9.17, 15) is 34.5 Å². The molecule has 0 radical (unpaired) electrons. The van der Waals surface area contributed by atoms with Gasteiger partial charge in [-0.05, 0) is 96.2 Å². The molecule has 0 aliphatic carbocycles.